The maximum Gasteiger partial charge on any atom is 0.272 e. The van der Waals surface area contributed by atoms with Gasteiger partial charge >= 0.3 is 0 Å². The summed E-state index contributed by atoms with van der Waals surface area (Å²) in [7, 11) is 0. The second-order valence-corrected chi connectivity index (χ2v) is 7.41. The number of hydrogen-bond acceptors (Lipinski definition) is 6. The van der Waals surface area contributed by atoms with Gasteiger partial charge < -0.3 is 14.6 Å². The van der Waals surface area contributed by atoms with E-state index in [1.807, 2.05) is 27.7 Å². The van der Waals surface area contributed by atoms with Crippen LogP contribution in [0.3, 0.4) is 0 Å². The molecular weight excluding hydrogens is 334 g/mol. The van der Waals surface area contributed by atoms with Crippen molar-refractivity contribution in [2.45, 2.75) is 58.4 Å². The Bertz CT molecular complexity index is 731. The van der Waals surface area contributed by atoms with Crippen LogP contribution in [0.25, 0.3) is 0 Å². The first-order valence-corrected chi connectivity index (χ1v) is 9.23. The number of ether oxygens (including phenoxy) is 1. The van der Waals surface area contributed by atoms with E-state index in [1.165, 1.54) is 0 Å². The van der Waals surface area contributed by atoms with Crippen LogP contribution in [0.15, 0.2) is 10.6 Å². The largest absolute Gasteiger partial charge is 0.381 e. The minimum absolute atomic E-state index is 0.165. The number of amides is 1. The van der Waals surface area contributed by atoms with Crippen molar-refractivity contribution in [1.82, 2.24) is 25.7 Å². The van der Waals surface area contributed by atoms with Gasteiger partial charge in [-0.05, 0) is 30.7 Å². The Morgan fingerprint density at radius 1 is 1.23 bits per heavy atom. The highest BCUT2D eigenvalue weighted by molar-refractivity contribution is 5.92. The van der Waals surface area contributed by atoms with Gasteiger partial charge in [0.1, 0.15) is 11.7 Å². The van der Waals surface area contributed by atoms with Crippen molar-refractivity contribution < 1.29 is 14.1 Å². The molecule has 142 valence electrons. The molecule has 0 aromatic carbocycles. The van der Waals surface area contributed by atoms with E-state index in [4.69, 9.17) is 9.26 Å². The summed E-state index contributed by atoms with van der Waals surface area (Å²) in [6, 6.07) is 1.44. The molecule has 0 saturated carbocycles. The highest BCUT2D eigenvalue weighted by Gasteiger charge is 2.32. The van der Waals surface area contributed by atoms with E-state index >= 15 is 0 Å². The molecule has 3 rings (SSSR count). The lowest BCUT2D eigenvalue weighted by Crippen LogP contribution is -2.36. The van der Waals surface area contributed by atoms with Crippen molar-refractivity contribution >= 4 is 5.91 Å². The summed E-state index contributed by atoms with van der Waals surface area (Å²) in [4.78, 5) is 17.2. The third-order valence-corrected chi connectivity index (χ3v) is 4.72. The van der Waals surface area contributed by atoms with Gasteiger partial charge in [-0.25, -0.2) is 0 Å². The topological polar surface area (TPSA) is 106 Å². The SMILES string of the molecule is CC(C)c1noc(C(NC(=O)c2cc(C(C)C)[nH]n2)C2CCOCC2)n1. The number of H-pyrrole nitrogens is 1. The van der Waals surface area contributed by atoms with Gasteiger partial charge in [0, 0.05) is 24.8 Å². The molecule has 0 spiro atoms. The smallest absolute Gasteiger partial charge is 0.272 e. The van der Waals surface area contributed by atoms with Gasteiger partial charge in [-0.3, -0.25) is 9.89 Å². The third kappa shape index (κ3) is 4.12. The van der Waals surface area contributed by atoms with Crippen LogP contribution in [-0.2, 0) is 4.74 Å². The van der Waals surface area contributed by atoms with E-state index in [2.05, 4.69) is 25.7 Å². The summed E-state index contributed by atoms with van der Waals surface area (Å²) in [5.41, 5.74) is 1.30. The summed E-state index contributed by atoms with van der Waals surface area (Å²) >= 11 is 0. The Hall–Kier alpha value is -2.22. The molecule has 1 fully saturated rings. The number of hydrogen-bond donors (Lipinski definition) is 2. The molecule has 1 aliphatic rings. The molecule has 26 heavy (non-hydrogen) atoms. The molecule has 1 saturated heterocycles. The van der Waals surface area contributed by atoms with Crippen molar-refractivity contribution in [1.29, 1.82) is 0 Å². The lowest BCUT2D eigenvalue weighted by atomic mass is 9.91. The molecular formula is C18H27N5O3. The zero-order valence-corrected chi connectivity index (χ0v) is 15.8. The summed E-state index contributed by atoms with van der Waals surface area (Å²) in [5.74, 6) is 1.49. The van der Waals surface area contributed by atoms with Crippen molar-refractivity contribution in [2.75, 3.05) is 13.2 Å². The van der Waals surface area contributed by atoms with Crippen LogP contribution in [0.1, 0.15) is 86.3 Å². The third-order valence-electron chi connectivity index (χ3n) is 4.72. The number of aromatic amines is 1. The predicted octanol–water partition coefficient (Wildman–Crippen LogP) is 2.94. The quantitative estimate of drug-likeness (QED) is 0.819. The van der Waals surface area contributed by atoms with E-state index in [9.17, 15) is 4.79 Å². The van der Waals surface area contributed by atoms with Gasteiger partial charge in [0.15, 0.2) is 5.82 Å². The molecule has 8 heteroatoms. The maximum absolute atomic E-state index is 12.7. The second-order valence-electron chi connectivity index (χ2n) is 7.41. The Morgan fingerprint density at radius 2 is 1.96 bits per heavy atom. The molecule has 2 aromatic heterocycles. The van der Waals surface area contributed by atoms with Crippen LogP contribution in [-0.4, -0.2) is 39.5 Å². The van der Waals surface area contributed by atoms with Crippen LogP contribution in [0.4, 0.5) is 0 Å². The summed E-state index contributed by atoms with van der Waals surface area (Å²) < 4.78 is 10.9. The number of aromatic nitrogens is 4. The van der Waals surface area contributed by atoms with E-state index in [-0.39, 0.29) is 29.7 Å². The molecule has 0 bridgehead atoms. The monoisotopic (exact) mass is 361 g/mol. The zero-order valence-electron chi connectivity index (χ0n) is 15.8. The molecule has 2 aromatic rings. The number of nitrogens with zero attached hydrogens (tertiary/aromatic N) is 3. The van der Waals surface area contributed by atoms with Gasteiger partial charge in [-0.1, -0.05) is 32.9 Å². The molecule has 2 N–H and O–H groups in total. The number of carbonyl (C=O) groups excluding carboxylic acids is 1. The minimum Gasteiger partial charge on any atom is -0.381 e. The number of rotatable bonds is 6. The molecule has 3 heterocycles. The first-order valence-electron chi connectivity index (χ1n) is 9.23. The van der Waals surface area contributed by atoms with Gasteiger partial charge in [0.05, 0.1) is 0 Å². The Labute approximate surface area is 153 Å². The van der Waals surface area contributed by atoms with Crippen LogP contribution in [0, 0.1) is 5.92 Å². The van der Waals surface area contributed by atoms with Crippen molar-refractivity contribution in [3.8, 4) is 0 Å². The number of nitrogens with one attached hydrogen (secondary N) is 2. The second kappa shape index (κ2) is 7.99. The summed E-state index contributed by atoms with van der Waals surface area (Å²) in [6.45, 7) is 9.45. The summed E-state index contributed by atoms with van der Waals surface area (Å²) in [5, 5.41) is 14.1. The first kappa shape index (κ1) is 18.6. The van der Waals surface area contributed by atoms with E-state index in [1.54, 1.807) is 6.07 Å². The molecule has 1 aliphatic heterocycles. The Balaban J connectivity index is 1.80. The highest BCUT2D eigenvalue weighted by atomic mass is 16.5. The fraction of sp³-hybridized carbons (Fsp3) is 0.667. The first-order chi connectivity index (χ1) is 12.5. The molecule has 1 unspecified atom stereocenters. The zero-order chi connectivity index (χ0) is 18.7. The number of carbonyl (C=O) groups is 1. The molecule has 1 amide bonds. The van der Waals surface area contributed by atoms with Crippen LogP contribution < -0.4 is 5.32 Å². The minimum atomic E-state index is -0.342. The fourth-order valence-electron chi connectivity index (χ4n) is 3.00. The maximum atomic E-state index is 12.7. The Morgan fingerprint density at radius 3 is 2.54 bits per heavy atom. The molecule has 1 atom stereocenters. The average molecular weight is 361 g/mol. The molecule has 0 aliphatic carbocycles. The van der Waals surface area contributed by atoms with Crippen LogP contribution >= 0.6 is 0 Å². The average Bonchev–Trinajstić information content (AvgIpc) is 3.30. The lowest BCUT2D eigenvalue weighted by Gasteiger charge is -2.28. The van der Waals surface area contributed by atoms with Gasteiger partial charge in [0.2, 0.25) is 5.89 Å². The van der Waals surface area contributed by atoms with E-state index < -0.39 is 0 Å². The van der Waals surface area contributed by atoms with Gasteiger partial charge in [-0.15, -0.1) is 0 Å². The van der Waals surface area contributed by atoms with Gasteiger partial charge in [-0.2, -0.15) is 10.1 Å². The van der Waals surface area contributed by atoms with Crippen molar-refractivity contribution in [2.24, 2.45) is 5.92 Å². The molecule has 0 radical (unpaired) electrons. The Kier molecular flexibility index (Phi) is 5.70. The van der Waals surface area contributed by atoms with Crippen molar-refractivity contribution in [3.05, 3.63) is 29.2 Å². The van der Waals surface area contributed by atoms with E-state index in [0.29, 0.717) is 30.6 Å². The fourth-order valence-corrected chi connectivity index (χ4v) is 3.00. The summed E-state index contributed by atoms with van der Waals surface area (Å²) in [6.07, 6.45) is 1.67. The van der Waals surface area contributed by atoms with Crippen molar-refractivity contribution in [3.63, 3.8) is 0 Å². The highest BCUT2D eigenvalue weighted by Crippen LogP contribution is 2.30. The van der Waals surface area contributed by atoms with Crippen LogP contribution in [0.2, 0.25) is 0 Å². The predicted molar refractivity (Wildman–Crippen MR) is 94.8 cm³/mol. The normalized spacial score (nSPS) is 17.0. The van der Waals surface area contributed by atoms with Crippen LogP contribution in [0.5, 0.6) is 0 Å². The lowest BCUT2D eigenvalue weighted by molar-refractivity contribution is 0.0467. The molecule has 8 nitrogen and oxygen atoms in total. The van der Waals surface area contributed by atoms with E-state index in [0.717, 1.165) is 18.5 Å². The standard InChI is InChI=1S/C18H27N5O3/c1-10(2)13-9-14(22-21-13)17(24)19-15(12-5-7-25-8-6-12)18-20-16(11(3)4)23-26-18/h9-12,15H,5-8H2,1-4H3,(H,19,24)(H,21,22). The van der Waals surface area contributed by atoms with Gasteiger partial charge in [0.25, 0.3) is 5.91 Å².